The molecule has 0 aliphatic carbocycles. The van der Waals surface area contributed by atoms with Crippen LogP contribution in [0.15, 0.2) is 90.5 Å². The number of carbonyl (C=O) groups excluding carboxylic acids is 2. The van der Waals surface area contributed by atoms with Gasteiger partial charge in [-0.05, 0) is 52.7 Å². The summed E-state index contributed by atoms with van der Waals surface area (Å²) >= 11 is 6.25. The number of benzene rings is 4. The number of amides is 1. The van der Waals surface area contributed by atoms with Gasteiger partial charge >= 0.3 is 0 Å². The largest absolute Gasteiger partial charge is 0.507 e. The van der Waals surface area contributed by atoms with E-state index in [2.05, 4.69) is 0 Å². The summed E-state index contributed by atoms with van der Waals surface area (Å²) in [6, 6.07) is 24.1. The van der Waals surface area contributed by atoms with E-state index in [1.807, 2.05) is 42.5 Å². The second-order valence-corrected chi connectivity index (χ2v) is 8.72. The van der Waals surface area contributed by atoms with Crippen molar-refractivity contribution in [1.82, 2.24) is 0 Å². The summed E-state index contributed by atoms with van der Waals surface area (Å²) in [6.45, 7) is 0. The zero-order chi connectivity index (χ0) is 25.4. The van der Waals surface area contributed by atoms with E-state index in [1.165, 1.54) is 19.1 Å². The van der Waals surface area contributed by atoms with Crippen molar-refractivity contribution in [3.05, 3.63) is 107 Å². The number of halogens is 1. The van der Waals surface area contributed by atoms with Crippen LogP contribution in [0.1, 0.15) is 17.2 Å². The number of ether oxygens (including phenoxy) is 2. The molecule has 7 heteroatoms. The van der Waals surface area contributed by atoms with E-state index in [0.717, 1.165) is 10.8 Å². The topological polar surface area (TPSA) is 76.1 Å². The van der Waals surface area contributed by atoms with Gasteiger partial charge in [0.1, 0.15) is 17.3 Å². The Kier molecular flexibility index (Phi) is 6.12. The molecule has 1 amide bonds. The van der Waals surface area contributed by atoms with Crippen molar-refractivity contribution < 1.29 is 24.2 Å². The van der Waals surface area contributed by atoms with Gasteiger partial charge in [-0.15, -0.1) is 0 Å². The molecule has 1 aliphatic rings. The minimum Gasteiger partial charge on any atom is -0.507 e. The van der Waals surface area contributed by atoms with E-state index < -0.39 is 17.7 Å². The lowest BCUT2D eigenvalue weighted by molar-refractivity contribution is -0.132. The molecule has 4 aromatic carbocycles. The van der Waals surface area contributed by atoms with Crippen LogP contribution in [0.2, 0.25) is 5.02 Å². The molecule has 1 unspecified atom stereocenters. The van der Waals surface area contributed by atoms with Crippen molar-refractivity contribution in [1.29, 1.82) is 0 Å². The second kappa shape index (κ2) is 9.40. The van der Waals surface area contributed by atoms with Gasteiger partial charge in [0.25, 0.3) is 11.7 Å². The minimum atomic E-state index is -0.912. The van der Waals surface area contributed by atoms with Crippen LogP contribution in [0, 0.1) is 0 Å². The zero-order valence-corrected chi connectivity index (χ0v) is 20.3. The summed E-state index contributed by atoms with van der Waals surface area (Å²) in [7, 11) is 2.96. The van der Waals surface area contributed by atoms with Gasteiger partial charge in [0, 0.05) is 10.7 Å². The molecule has 0 radical (unpaired) electrons. The number of methoxy groups -OCH3 is 2. The monoisotopic (exact) mass is 499 g/mol. The number of fused-ring (bicyclic) bond motifs is 1. The number of aliphatic hydroxyl groups excluding tert-OH is 1. The van der Waals surface area contributed by atoms with Crippen molar-refractivity contribution in [2.75, 3.05) is 19.1 Å². The first-order chi connectivity index (χ1) is 17.4. The van der Waals surface area contributed by atoms with E-state index in [0.29, 0.717) is 27.8 Å². The first-order valence-electron chi connectivity index (χ1n) is 11.2. The number of anilines is 1. The van der Waals surface area contributed by atoms with E-state index in [9.17, 15) is 14.7 Å². The Hall–Kier alpha value is -4.29. The van der Waals surface area contributed by atoms with Crippen LogP contribution in [0.4, 0.5) is 5.69 Å². The standard InChI is InChI=1S/C29H22ClNO5/c1-35-20-13-14-24(36-2)23(16-20)27(32)25-26(22-12-5-8-17-7-3-4-11-21(17)22)31(29(34)28(25)33)19-10-6-9-18(30)15-19/h3-16,26,32H,1-2H3/b27-25+. The Bertz CT molecular complexity index is 1540. The van der Waals surface area contributed by atoms with Crippen molar-refractivity contribution in [3.8, 4) is 11.5 Å². The maximum Gasteiger partial charge on any atom is 0.300 e. The second-order valence-electron chi connectivity index (χ2n) is 8.28. The number of Topliss-reactive ketones (excluding diaryl/α,β-unsaturated/α-hetero) is 1. The fraction of sp³-hybridized carbons (Fsp3) is 0.103. The van der Waals surface area contributed by atoms with Crippen LogP contribution in [0.3, 0.4) is 0 Å². The molecule has 5 rings (SSSR count). The van der Waals surface area contributed by atoms with Crippen molar-refractivity contribution in [2.45, 2.75) is 6.04 Å². The number of hydrogen-bond acceptors (Lipinski definition) is 5. The molecular formula is C29H22ClNO5. The summed E-state index contributed by atoms with van der Waals surface area (Å²) in [5.41, 5.74) is 1.32. The lowest BCUT2D eigenvalue weighted by atomic mass is 9.91. The fourth-order valence-electron chi connectivity index (χ4n) is 4.65. The van der Waals surface area contributed by atoms with Gasteiger partial charge in [0.05, 0.1) is 31.4 Å². The maximum atomic E-state index is 13.5. The smallest absolute Gasteiger partial charge is 0.300 e. The van der Waals surface area contributed by atoms with Gasteiger partial charge in [-0.25, -0.2) is 0 Å². The highest BCUT2D eigenvalue weighted by Crippen LogP contribution is 2.45. The van der Waals surface area contributed by atoms with Gasteiger partial charge in [0.15, 0.2) is 0 Å². The number of aliphatic hydroxyl groups is 1. The van der Waals surface area contributed by atoms with E-state index in [-0.39, 0.29) is 16.9 Å². The molecule has 1 atom stereocenters. The molecule has 0 bridgehead atoms. The zero-order valence-electron chi connectivity index (χ0n) is 19.6. The van der Waals surface area contributed by atoms with E-state index >= 15 is 0 Å². The van der Waals surface area contributed by atoms with Crippen molar-refractivity contribution in [3.63, 3.8) is 0 Å². The molecule has 1 N–H and O–H groups in total. The Labute approximate surface area is 212 Å². The molecule has 0 aromatic heterocycles. The van der Waals surface area contributed by atoms with Gasteiger partial charge in [0.2, 0.25) is 0 Å². The van der Waals surface area contributed by atoms with E-state index in [4.69, 9.17) is 21.1 Å². The van der Waals surface area contributed by atoms with Crippen molar-refractivity contribution in [2.24, 2.45) is 0 Å². The maximum absolute atomic E-state index is 13.5. The lowest BCUT2D eigenvalue weighted by Crippen LogP contribution is -2.29. The molecule has 0 spiro atoms. The number of carbonyl (C=O) groups is 2. The highest BCUT2D eigenvalue weighted by molar-refractivity contribution is 6.52. The number of rotatable bonds is 5. The quantitative estimate of drug-likeness (QED) is 0.203. The van der Waals surface area contributed by atoms with Crippen molar-refractivity contribution >= 4 is 45.5 Å². The third-order valence-electron chi connectivity index (χ3n) is 6.31. The predicted octanol–water partition coefficient (Wildman–Crippen LogP) is 6.14. The summed E-state index contributed by atoms with van der Waals surface area (Å²) in [5.74, 6) is -1.14. The summed E-state index contributed by atoms with van der Waals surface area (Å²) in [4.78, 5) is 28.4. The van der Waals surface area contributed by atoms with E-state index in [1.54, 1.807) is 42.5 Å². The SMILES string of the molecule is COc1ccc(OC)c(/C(O)=C2\C(=O)C(=O)N(c3cccc(Cl)c3)C2c2cccc3ccccc23)c1. The Balaban J connectivity index is 1.83. The Morgan fingerprint density at radius 3 is 2.39 bits per heavy atom. The first kappa shape index (κ1) is 23.5. The molecule has 6 nitrogen and oxygen atoms in total. The molecule has 1 fully saturated rings. The van der Waals surface area contributed by atoms with Gasteiger partial charge in [-0.1, -0.05) is 60.1 Å². The van der Waals surface area contributed by atoms with Gasteiger partial charge in [-0.2, -0.15) is 0 Å². The van der Waals surface area contributed by atoms with Crippen LogP contribution in [-0.4, -0.2) is 31.0 Å². The summed E-state index contributed by atoms with van der Waals surface area (Å²) in [5, 5.41) is 13.8. The average Bonchev–Trinajstić information content (AvgIpc) is 3.17. The normalized spacial score (nSPS) is 17.0. The molecular weight excluding hydrogens is 478 g/mol. The first-order valence-corrected chi connectivity index (χ1v) is 11.6. The third-order valence-corrected chi connectivity index (χ3v) is 6.55. The molecule has 36 heavy (non-hydrogen) atoms. The van der Waals surface area contributed by atoms with Crippen LogP contribution in [0.5, 0.6) is 11.5 Å². The van der Waals surface area contributed by atoms with Crippen LogP contribution in [0.25, 0.3) is 16.5 Å². The molecule has 180 valence electrons. The number of ketones is 1. The summed E-state index contributed by atoms with van der Waals surface area (Å²) < 4.78 is 10.8. The Morgan fingerprint density at radius 2 is 1.64 bits per heavy atom. The van der Waals surface area contributed by atoms with Gasteiger partial charge < -0.3 is 14.6 Å². The minimum absolute atomic E-state index is 0.0529. The molecule has 0 saturated carbocycles. The van der Waals surface area contributed by atoms with Crippen LogP contribution in [-0.2, 0) is 9.59 Å². The third kappa shape index (κ3) is 3.85. The highest BCUT2D eigenvalue weighted by atomic mass is 35.5. The van der Waals surface area contributed by atoms with Crippen LogP contribution < -0.4 is 14.4 Å². The fourth-order valence-corrected chi connectivity index (χ4v) is 4.84. The molecule has 4 aromatic rings. The highest BCUT2D eigenvalue weighted by Gasteiger charge is 2.47. The number of hydrogen-bond donors (Lipinski definition) is 1. The molecule has 1 aliphatic heterocycles. The molecule has 1 heterocycles. The summed E-state index contributed by atoms with van der Waals surface area (Å²) in [6.07, 6.45) is 0. The lowest BCUT2D eigenvalue weighted by Gasteiger charge is -2.26. The number of nitrogens with zero attached hydrogens (tertiary/aromatic N) is 1. The average molecular weight is 500 g/mol. The molecule has 1 saturated heterocycles. The van der Waals surface area contributed by atoms with Gasteiger partial charge in [-0.3, -0.25) is 14.5 Å². The Morgan fingerprint density at radius 1 is 0.889 bits per heavy atom. The van der Waals surface area contributed by atoms with Crippen LogP contribution >= 0.6 is 11.6 Å². The predicted molar refractivity (Wildman–Crippen MR) is 140 cm³/mol.